The average molecular weight is 237 g/mol. The molecule has 0 spiro atoms. The second-order valence-corrected chi connectivity index (χ2v) is 5.01. The van der Waals surface area contributed by atoms with Crippen LogP contribution in [0.2, 0.25) is 0 Å². The van der Waals surface area contributed by atoms with Crippen molar-refractivity contribution in [3.8, 4) is 5.75 Å². The third-order valence-electron chi connectivity index (χ3n) is 3.17. The molecule has 0 heterocycles. The highest BCUT2D eigenvalue weighted by Gasteiger charge is 2.24. The van der Waals surface area contributed by atoms with Crippen LogP contribution in [0.5, 0.6) is 5.75 Å². The molecule has 0 saturated carbocycles. The van der Waals surface area contributed by atoms with E-state index in [0.717, 1.165) is 11.3 Å². The summed E-state index contributed by atoms with van der Waals surface area (Å²) in [5.74, 6) is 0.871. The minimum atomic E-state index is -0.740. The number of aliphatic hydroxyl groups is 1. The Kier molecular flexibility index (Phi) is 4.54. The smallest absolute Gasteiger partial charge is 0.123 e. The van der Waals surface area contributed by atoms with Crippen molar-refractivity contribution in [2.24, 2.45) is 0 Å². The largest absolute Gasteiger partial charge is 0.496 e. The summed E-state index contributed by atoms with van der Waals surface area (Å²) >= 11 is 0. The maximum Gasteiger partial charge on any atom is 0.123 e. The molecular formula is C14H23NO2. The molecule has 2 N–H and O–H groups in total. The lowest BCUT2D eigenvalue weighted by Gasteiger charge is -2.30. The van der Waals surface area contributed by atoms with Gasteiger partial charge in [-0.15, -0.1) is 0 Å². The number of ether oxygens (including phenoxy) is 1. The number of hydrogen-bond donors (Lipinski definition) is 2. The van der Waals surface area contributed by atoms with Crippen LogP contribution < -0.4 is 10.1 Å². The SMILES string of the molecule is COc1ccccc1[C@H](C)NC(C)C(C)(C)O. The van der Waals surface area contributed by atoms with Crippen molar-refractivity contribution >= 4 is 0 Å². The van der Waals surface area contributed by atoms with E-state index in [1.54, 1.807) is 21.0 Å². The predicted octanol–water partition coefficient (Wildman–Crippen LogP) is 2.51. The minimum absolute atomic E-state index is 0.00223. The van der Waals surface area contributed by atoms with Crippen molar-refractivity contribution in [1.82, 2.24) is 5.32 Å². The van der Waals surface area contributed by atoms with E-state index >= 15 is 0 Å². The van der Waals surface area contributed by atoms with Crippen molar-refractivity contribution < 1.29 is 9.84 Å². The van der Waals surface area contributed by atoms with Crippen LogP contribution in [0.15, 0.2) is 24.3 Å². The topological polar surface area (TPSA) is 41.5 Å². The molecule has 0 radical (unpaired) electrons. The van der Waals surface area contributed by atoms with Gasteiger partial charge < -0.3 is 15.2 Å². The normalized spacial score (nSPS) is 15.4. The standard InChI is InChI=1S/C14H23NO2/c1-10(15-11(2)14(3,4)16)12-8-6-7-9-13(12)17-5/h6-11,15-16H,1-5H3/t10-,11?/m0/s1. The maximum absolute atomic E-state index is 9.91. The van der Waals surface area contributed by atoms with Crippen LogP contribution in [0, 0.1) is 0 Å². The lowest BCUT2D eigenvalue weighted by atomic mass is 9.98. The Bertz CT molecular complexity index is 357. The van der Waals surface area contributed by atoms with E-state index < -0.39 is 5.60 Å². The molecule has 0 amide bonds. The Labute approximate surface area is 104 Å². The van der Waals surface area contributed by atoms with Gasteiger partial charge in [-0.2, -0.15) is 0 Å². The van der Waals surface area contributed by atoms with Gasteiger partial charge in [0.1, 0.15) is 5.75 Å². The number of rotatable bonds is 5. The highest BCUT2D eigenvalue weighted by atomic mass is 16.5. The first kappa shape index (κ1) is 14.0. The summed E-state index contributed by atoms with van der Waals surface area (Å²) in [6.45, 7) is 7.66. The fourth-order valence-corrected chi connectivity index (χ4v) is 1.69. The van der Waals surface area contributed by atoms with Gasteiger partial charge in [0.15, 0.2) is 0 Å². The molecule has 1 rings (SSSR count). The van der Waals surface area contributed by atoms with E-state index in [1.165, 1.54) is 0 Å². The number of methoxy groups -OCH3 is 1. The summed E-state index contributed by atoms with van der Waals surface area (Å²) in [6, 6.07) is 8.06. The number of hydrogen-bond acceptors (Lipinski definition) is 3. The summed E-state index contributed by atoms with van der Waals surface area (Å²) in [4.78, 5) is 0. The first-order valence-electron chi connectivity index (χ1n) is 5.97. The summed E-state index contributed by atoms with van der Waals surface area (Å²) in [5.41, 5.74) is 0.363. The van der Waals surface area contributed by atoms with Crippen molar-refractivity contribution in [2.45, 2.75) is 45.4 Å². The molecule has 0 aliphatic heterocycles. The van der Waals surface area contributed by atoms with Gasteiger partial charge in [-0.1, -0.05) is 18.2 Å². The number of para-hydroxylation sites is 1. The molecule has 3 nitrogen and oxygen atoms in total. The zero-order valence-corrected chi connectivity index (χ0v) is 11.3. The molecule has 0 aliphatic carbocycles. The van der Waals surface area contributed by atoms with E-state index in [2.05, 4.69) is 12.2 Å². The molecule has 0 saturated heterocycles. The Morgan fingerprint density at radius 1 is 1.24 bits per heavy atom. The zero-order chi connectivity index (χ0) is 13.1. The monoisotopic (exact) mass is 237 g/mol. The van der Waals surface area contributed by atoms with Gasteiger partial charge in [-0.25, -0.2) is 0 Å². The van der Waals surface area contributed by atoms with E-state index in [1.807, 2.05) is 31.2 Å². The van der Waals surface area contributed by atoms with Crippen LogP contribution >= 0.6 is 0 Å². The molecule has 1 aromatic carbocycles. The second-order valence-electron chi connectivity index (χ2n) is 5.01. The van der Waals surface area contributed by atoms with Gasteiger partial charge >= 0.3 is 0 Å². The van der Waals surface area contributed by atoms with Crippen LogP contribution in [0.3, 0.4) is 0 Å². The molecular weight excluding hydrogens is 214 g/mol. The summed E-state index contributed by atoms with van der Waals surface area (Å²) in [6.07, 6.45) is 0. The second kappa shape index (κ2) is 5.52. The average Bonchev–Trinajstić information content (AvgIpc) is 2.27. The van der Waals surface area contributed by atoms with Crippen LogP contribution in [-0.4, -0.2) is 23.9 Å². The Hall–Kier alpha value is -1.06. The molecule has 0 fully saturated rings. The van der Waals surface area contributed by atoms with Gasteiger partial charge in [-0.3, -0.25) is 0 Å². The van der Waals surface area contributed by atoms with Crippen LogP contribution in [0.4, 0.5) is 0 Å². The molecule has 0 aromatic heterocycles. The molecule has 0 aliphatic rings. The van der Waals surface area contributed by atoms with Crippen molar-refractivity contribution in [3.63, 3.8) is 0 Å². The third kappa shape index (κ3) is 3.72. The Morgan fingerprint density at radius 2 is 1.82 bits per heavy atom. The van der Waals surface area contributed by atoms with Gasteiger partial charge in [-0.05, 0) is 33.8 Å². The minimum Gasteiger partial charge on any atom is -0.496 e. The lowest BCUT2D eigenvalue weighted by Crippen LogP contribution is -2.45. The lowest BCUT2D eigenvalue weighted by molar-refractivity contribution is 0.0404. The van der Waals surface area contributed by atoms with E-state index in [-0.39, 0.29) is 12.1 Å². The molecule has 0 bridgehead atoms. The van der Waals surface area contributed by atoms with Crippen LogP contribution in [0.25, 0.3) is 0 Å². The maximum atomic E-state index is 9.91. The molecule has 1 aromatic rings. The highest BCUT2D eigenvalue weighted by Crippen LogP contribution is 2.25. The van der Waals surface area contributed by atoms with E-state index in [0.29, 0.717) is 0 Å². The molecule has 2 atom stereocenters. The van der Waals surface area contributed by atoms with Gasteiger partial charge in [0.25, 0.3) is 0 Å². The van der Waals surface area contributed by atoms with Crippen LogP contribution in [0.1, 0.15) is 39.3 Å². The quantitative estimate of drug-likeness (QED) is 0.826. The summed E-state index contributed by atoms with van der Waals surface area (Å²) in [7, 11) is 1.67. The van der Waals surface area contributed by atoms with E-state index in [4.69, 9.17) is 4.74 Å². The Balaban J connectivity index is 2.79. The molecule has 3 heteroatoms. The molecule has 96 valence electrons. The summed E-state index contributed by atoms with van der Waals surface area (Å²) < 4.78 is 5.33. The van der Waals surface area contributed by atoms with Crippen molar-refractivity contribution in [1.29, 1.82) is 0 Å². The van der Waals surface area contributed by atoms with Gasteiger partial charge in [0, 0.05) is 17.6 Å². The fourth-order valence-electron chi connectivity index (χ4n) is 1.69. The van der Waals surface area contributed by atoms with E-state index in [9.17, 15) is 5.11 Å². The van der Waals surface area contributed by atoms with Gasteiger partial charge in [0.05, 0.1) is 12.7 Å². The highest BCUT2D eigenvalue weighted by molar-refractivity contribution is 5.35. The molecule has 17 heavy (non-hydrogen) atoms. The van der Waals surface area contributed by atoms with Gasteiger partial charge in [0.2, 0.25) is 0 Å². The third-order valence-corrected chi connectivity index (χ3v) is 3.17. The molecule has 1 unspecified atom stereocenters. The van der Waals surface area contributed by atoms with Crippen molar-refractivity contribution in [2.75, 3.05) is 7.11 Å². The first-order valence-corrected chi connectivity index (χ1v) is 5.97. The predicted molar refractivity (Wildman–Crippen MR) is 70.3 cm³/mol. The first-order chi connectivity index (χ1) is 7.86. The number of nitrogens with one attached hydrogen (secondary N) is 1. The fraction of sp³-hybridized carbons (Fsp3) is 0.571. The number of benzene rings is 1. The van der Waals surface area contributed by atoms with Crippen molar-refractivity contribution in [3.05, 3.63) is 29.8 Å². The summed E-state index contributed by atoms with van der Waals surface area (Å²) in [5, 5.41) is 13.3. The zero-order valence-electron chi connectivity index (χ0n) is 11.3. The van der Waals surface area contributed by atoms with Crippen LogP contribution in [-0.2, 0) is 0 Å². The Morgan fingerprint density at radius 3 is 2.35 bits per heavy atom.